The molecule has 0 saturated heterocycles. The number of H-pyrrole nitrogens is 1. The standard InChI is InChI=1S/C21H25N3O3/c25-16-9-14(10-16)19(12-15-6-3-4-8-22-15)24-21(27)17-11-13-5-1-2-7-18(13)23-20(17)26/h3-4,6,8,11,14,16,19,25H,1-2,5,7,9-10,12H2,(H,23,26)(H,24,27)/t14?,16?,19-/m0/s1. The fraction of sp³-hybridized carbons (Fsp3) is 0.476. The third kappa shape index (κ3) is 3.95. The van der Waals surface area contributed by atoms with E-state index in [1.807, 2.05) is 18.2 Å². The Morgan fingerprint density at radius 1 is 1.30 bits per heavy atom. The second kappa shape index (κ2) is 7.64. The van der Waals surface area contributed by atoms with Crippen LogP contribution in [0.3, 0.4) is 0 Å². The first kappa shape index (κ1) is 17.9. The zero-order valence-electron chi connectivity index (χ0n) is 15.3. The van der Waals surface area contributed by atoms with Gasteiger partial charge >= 0.3 is 0 Å². The van der Waals surface area contributed by atoms with E-state index in [4.69, 9.17) is 0 Å². The smallest absolute Gasteiger partial charge is 0.261 e. The maximum Gasteiger partial charge on any atom is 0.261 e. The number of nitrogens with zero attached hydrogens (tertiary/aromatic N) is 1. The normalized spacial score (nSPS) is 22.4. The van der Waals surface area contributed by atoms with Crippen molar-refractivity contribution in [3.8, 4) is 0 Å². The fourth-order valence-corrected chi connectivity index (χ4v) is 4.13. The van der Waals surface area contributed by atoms with Crippen LogP contribution in [0.2, 0.25) is 0 Å². The minimum Gasteiger partial charge on any atom is -0.393 e. The number of aryl methyl sites for hydroxylation is 2. The van der Waals surface area contributed by atoms with Gasteiger partial charge in [-0.05, 0) is 68.2 Å². The van der Waals surface area contributed by atoms with Crippen LogP contribution < -0.4 is 10.9 Å². The van der Waals surface area contributed by atoms with Gasteiger partial charge in [0.05, 0.1) is 6.10 Å². The molecule has 142 valence electrons. The second-order valence-electron chi connectivity index (χ2n) is 7.71. The molecule has 0 unspecified atom stereocenters. The highest BCUT2D eigenvalue weighted by atomic mass is 16.3. The summed E-state index contributed by atoms with van der Waals surface area (Å²) in [7, 11) is 0. The maximum atomic E-state index is 12.9. The molecule has 2 aromatic heterocycles. The third-order valence-electron chi connectivity index (χ3n) is 5.77. The lowest BCUT2D eigenvalue weighted by Crippen LogP contribution is -2.49. The molecule has 1 saturated carbocycles. The van der Waals surface area contributed by atoms with Gasteiger partial charge in [-0.2, -0.15) is 0 Å². The first-order chi connectivity index (χ1) is 13.1. The number of aliphatic hydroxyl groups is 1. The van der Waals surface area contributed by atoms with Crippen molar-refractivity contribution in [3.63, 3.8) is 0 Å². The summed E-state index contributed by atoms with van der Waals surface area (Å²) < 4.78 is 0. The van der Waals surface area contributed by atoms with Gasteiger partial charge < -0.3 is 15.4 Å². The van der Waals surface area contributed by atoms with Crippen molar-refractivity contribution in [1.82, 2.24) is 15.3 Å². The Kier molecular flexibility index (Phi) is 5.07. The van der Waals surface area contributed by atoms with Gasteiger partial charge in [-0.25, -0.2) is 0 Å². The molecule has 3 N–H and O–H groups in total. The minimum absolute atomic E-state index is 0.147. The van der Waals surface area contributed by atoms with E-state index in [1.165, 1.54) is 0 Å². The van der Waals surface area contributed by atoms with E-state index in [2.05, 4.69) is 15.3 Å². The van der Waals surface area contributed by atoms with Crippen molar-refractivity contribution in [2.24, 2.45) is 5.92 Å². The maximum absolute atomic E-state index is 12.9. The Morgan fingerprint density at radius 2 is 2.11 bits per heavy atom. The topological polar surface area (TPSA) is 95.1 Å². The summed E-state index contributed by atoms with van der Waals surface area (Å²) in [5.41, 5.74) is 2.80. The van der Waals surface area contributed by atoms with Gasteiger partial charge in [-0.1, -0.05) is 6.07 Å². The third-order valence-corrected chi connectivity index (χ3v) is 5.77. The average Bonchev–Trinajstić information content (AvgIpc) is 2.65. The van der Waals surface area contributed by atoms with Crippen molar-refractivity contribution in [1.29, 1.82) is 0 Å². The molecule has 0 radical (unpaired) electrons. The van der Waals surface area contributed by atoms with Crippen LogP contribution in [0.15, 0.2) is 35.3 Å². The van der Waals surface area contributed by atoms with Crippen molar-refractivity contribution in [3.05, 3.63) is 63.3 Å². The van der Waals surface area contributed by atoms with Gasteiger partial charge in [-0.15, -0.1) is 0 Å². The first-order valence-corrected chi connectivity index (χ1v) is 9.74. The molecule has 4 rings (SSSR count). The molecule has 2 aliphatic rings. The van der Waals surface area contributed by atoms with Gasteiger partial charge in [0, 0.05) is 30.0 Å². The van der Waals surface area contributed by atoms with Crippen molar-refractivity contribution >= 4 is 5.91 Å². The predicted molar refractivity (Wildman–Crippen MR) is 102 cm³/mol. The molecular weight excluding hydrogens is 342 g/mol. The SMILES string of the molecule is O=C(N[C@@H](Cc1ccccn1)C1CC(O)C1)c1cc2c([nH]c1=O)CCCC2. The zero-order valence-corrected chi connectivity index (χ0v) is 15.3. The van der Waals surface area contributed by atoms with Gasteiger partial charge in [0.2, 0.25) is 0 Å². The van der Waals surface area contributed by atoms with Crippen LogP contribution in [0.1, 0.15) is 53.0 Å². The number of aromatic nitrogens is 2. The number of hydrogen-bond donors (Lipinski definition) is 3. The zero-order chi connectivity index (χ0) is 18.8. The number of amides is 1. The number of hydrogen-bond acceptors (Lipinski definition) is 4. The highest BCUT2D eigenvalue weighted by Crippen LogP contribution is 2.31. The number of fused-ring (bicyclic) bond motifs is 1. The van der Waals surface area contributed by atoms with Gasteiger partial charge in [0.25, 0.3) is 11.5 Å². The fourth-order valence-electron chi connectivity index (χ4n) is 4.13. The molecule has 2 aromatic rings. The summed E-state index contributed by atoms with van der Waals surface area (Å²) in [6, 6.07) is 7.32. The van der Waals surface area contributed by atoms with Crippen LogP contribution in [0, 0.1) is 5.92 Å². The monoisotopic (exact) mass is 367 g/mol. The predicted octanol–water partition coefficient (Wildman–Crippen LogP) is 1.76. The summed E-state index contributed by atoms with van der Waals surface area (Å²) >= 11 is 0. The minimum atomic E-state index is -0.341. The molecule has 0 aromatic carbocycles. The van der Waals surface area contributed by atoms with E-state index in [-0.39, 0.29) is 35.1 Å². The number of carbonyl (C=O) groups is 1. The molecule has 6 heteroatoms. The van der Waals surface area contributed by atoms with Crippen molar-refractivity contribution in [2.45, 2.75) is 57.1 Å². The van der Waals surface area contributed by atoms with Gasteiger partial charge in [0.15, 0.2) is 0 Å². The summed E-state index contributed by atoms with van der Waals surface area (Å²) in [5.74, 6) is -0.144. The van der Waals surface area contributed by atoms with Gasteiger partial charge in [0.1, 0.15) is 5.56 Å². The lowest BCUT2D eigenvalue weighted by molar-refractivity contribution is 0.0237. The Hall–Kier alpha value is -2.47. The molecule has 0 aliphatic heterocycles. The molecule has 2 aliphatic carbocycles. The number of rotatable bonds is 5. The molecule has 1 amide bonds. The quantitative estimate of drug-likeness (QED) is 0.750. The number of nitrogens with one attached hydrogen (secondary N) is 2. The molecule has 2 heterocycles. The highest BCUT2D eigenvalue weighted by Gasteiger charge is 2.35. The Balaban J connectivity index is 1.54. The van der Waals surface area contributed by atoms with E-state index >= 15 is 0 Å². The Labute approximate surface area is 158 Å². The lowest BCUT2D eigenvalue weighted by atomic mass is 9.76. The van der Waals surface area contributed by atoms with E-state index in [0.29, 0.717) is 19.3 Å². The molecule has 1 atom stereocenters. The van der Waals surface area contributed by atoms with E-state index in [0.717, 1.165) is 42.6 Å². The van der Waals surface area contributed by atoms with Crippen LogP contribution in [-0.4, -0.2) is 33.1 Å². The number of aliphatic hydroxyl groups excluding tert-OH is 1. The number of carbonyl (C=O) groups excluding carboxylic acids is 1. The van der Waals surface area contributed by atoms with Crippen molar-refractivity contribution in [2.75, 3.05) is 0 Å². The summed E-state index contributed by atoms with van der Waals surface area (Å²) in [6.45, 7) is 0. The van der Waals surface area contributed by atoms with Gasteiger partial charge in [-0.3, -0.25) is 14.6 Å². The van der Waals surface area contributed by atoms with E-state index < -0.39 is 0 Å². The number of pyridine rings is 2. The molecule has 6 nitrogen and oxygen atoms in total. The lowest BCUT2D eigenvalue weighted by Gasteiger charge is -2.38. The van der Waals surface area contributed by atoms with E-state index in [9.17, 15) is 14.7 Å². The van der Waals surface area contributed by atoms with Crippen LogP contribution in [0.25, 0.3) is 0 Å². The first-order valence-electron chi connectivity index (χ1n) is 9.74. The number of aromatic amines is 1. The average molecular weight is 367 g/mol. The highest BCUT2D eigenvalue weighted by molar-refractivity contribution is 5.94. The molecule has 1 fully saturated rings. The molecule has 0 spiro atoms. The summed E-state index contributed by atoms with van der Waals surface area (Å²) in [5, 5.41) is 12.7. The molecule has 0 bridgehead atoms. The van der Waals surface area contributed by atoms with Crippen LogP contribution in [0.4, 0.5) is 0 Å². The van der Waals surface area contributed by atoms with Crippen LogP contribution >= 0.6 is 0 Å². The van der Waals surface area contributed by atoms with E-state index in [1.54, 1.807) is 12.3 Å². The molecular formula is C21H25N3O3. The second-order valence-corrected chi connectivity index (χ2v) is 7.71. The summed E-state index contributed by atoms with van der Waals surface area (Å²) in [4.78, 5) is 32.5. The van der Waals surface area contributed by atoms with Crippen LogP contribution in [-0.2, 0) is 19.3 Å². The van der Waals surface area contributed by atoms with Crippen molar-refractivity contribution < 1.29 is 9.90 Å². The molecule has 27 heavy (non-hydrogen) atoms. The Bertz CT molecular complexity index is 872. The summed E-state index contributed by atoms with van der Waals surface area (Å²) in [6.07, 6.45) is 7.28. The van der Waals surface area contributed by atoms with Crippen LogP contribution in [0.5, 0.6) is 0 Å². The Morgan fingerprint density at radius 3 is 2.85 bits per heavy atom. The largest absolute Gasteiger partial charge is 0.393 e.